The van der Waals surface area contributed by atoms with Crippen molar-refractivity contribution in [1.29, 1.82) is 0 Å². The lowest BCUT2D eigenvalue weighted by Gasteiger charge is -2.10. The standard InChI is InChI=1S/C14H22FNS/c1-3-5-8-17-14-7-6-11(10-13(14)15)9-12(16)4-2/h6-7,10,12H,3-5,8-9,16H2,1-2H3. The van der Waals surface area contributed by atoms with E-state index in [0.717, 1.165) is 41.9 Å². The molecule has 0 aliphatic heterocycles. The van der Waals surface area contributed by atoms with Crippen LogP contribution in [0.2, 0.25) is 0 Å². The van der Waals surface area contributed by atoms with Crippen LogP contribution in [0.5, 0.6) is 0 Å². The largest absolute Gasteiger partial charge is 0.327 e. The Balaban J connectivity index is 2.59. The van der Waals surface area contributed by atoms with Crippen molar-refractivity contribution in [3.05, 3.63) is 29.6 Å². The summed E-state index contributed by atoms with van der Waals surface area (Å²) in [4.78, 5) is 0.757. The molecule has 1 aromatic rings. The molecule has 1 atom stereocenters. The zero-order chi connectivity index (χ0) is 12.7. The summed E-state index contributed by atoms with van der Waals surface area (Å²) in [6.45, 7) is 4.20. The number of hydrogen-bond acceptors (Lipinski definition) is 2. The van der Waals surface area contributed by atoms with Gasteiger partial charge >= 0.3 is 0 Å². The average molecular weight is 255 g/mol. The van der Waals surface area contributed by atoms with Crippen molar-refractivity contribution in [2.75, 3.05) is 5.75 Å². The molecule has 0 aliphatic rings. The number of benzene rings is 1. The second-order valence-electron chi connectivity index (χ2n) is 4.34. The van der Waals surface area contributed by atoms with E-state index in [1.807, 2.05) is 12.1 Å². The Morgan fingerprint density at radius 1 is 1.35 bits per heavy atom. The minimum atomic E-state index is -0.105. The van der Waals surface area contributed by atoms with E-state index in [-0.39, 0.29) is 11.9 Å². The molecule has 0 saturated carbocycles. The Hall–Kier alpha value is -0.540. The fourth-order valence-electron chi connectivity index (χ4n) is 1.56. The zero-order valence-corrected chi connectivity index (χ0v) is 11.5. The molecule has 0 fully saturated rings. The normalized spacial score (nSPS) is 12.7. The number of unbranched alkanes of at least 4 members (excludes halogenated alkanes) is 1. The molecule has 0 bridgehead atoms. The molecular formula is C14H22FNS. The molecule has 0 spiro atoms. The van der Waals surface area contributed by atoms with E-state index < -0.39 is 0 Å². The van der Waals surface area contributed by atoms with Gasteiger partial charge in [0.1, 0.15) is 5.82 Å². The van der Waals surface area contributed by atoms with E-state index in [4.69, 9.17) is 5.73 Å². The van der Waals surface area contributed by atoms with Gasteiger partial charge in [0.05, 0.1) is 0 Å². The van der Waals surface area contributed by atoms with Crippen LogP contribution >= 0.6 is 11.8 Å². The minimum absolute atomic E-state index is 0.105. The molecule has 0 aromatic heterocycles. The topological polar surface area (TPSA) is 26.0 Å². The third-order valence-corrected chi connectivity index (χ3v) is 3.91. The highest BCUT2D eigenvalue weighted by atomic mass is 32.2. The van der Waals surface area contributed by atoms with Gasteiger partial charge in [-0.2, -0.15) is 0 Å². The van der Waals surface area contributed by atoms with Crippen LogP contribution in [0.4, 0.5) is 4.39 Å². The summed E-state index contributed by atoms with van der Waals surface area (Å²) in [5.41, 5.74) is 6.86. The van der Waals surface area contributed by atoms with Crippen LogP contribution in [0.15, 0.2) is 23.1 Å². The predicted molar refractivity (Wildman–Crippen MR) is 74.0 cm³/mol. The quantitative estimate of drug-likeness (QED) is 0.589. The Labute approximate surface area is 108 Å². The summed E-state index contributed by atoms with van der Waals surface area (Å²) in [5, 5.41) is 0. The number of thioether (sulfide) groups is 1. The summed E-state index contributed by atoms with van der Waals surface area (Å²) in [6.07, 6.45) is 3.96. The van der Waals surface area contributed by atoms with Crippen molar-refractivity contribution in [2.45, 2.75) is 50.5 Å². The van der Waals surface area contributed by atoms with Crippen LogP contribution in [-0.4, -0.2) is 11.8 Å². The van der Waals surface area contributed by atoms with Gasteiger partial charge in [0.2, 0.25) is 0 Å². The maximum atomic E-state index is 13.8. The van der Waals surface area contributed by atoms with E-state index >= 15 is 0 Å². The van der Waals surface area contributed by atoms with Gasteiger partial charge in [-0.25, -0.2) is 4.39 Å². The van der Waals surface area contributed by atoms with E-state index in [2.05, 4.69) is 13.8 Å². The van der Waals surface area contributed by atoms with Crippen molar-refractivity contribution in [1.82, 2.24) is 0 Å². The molecule has 96 valence electrons. The summed E-state index contributed by atoms with van der Waals surface area (Å²) in [7, 11) is 0. The van der Waals surface area contributed by atoms with Crippen LogP contribution in [0.3, 0.4) is 0 Å². The highest BCUT2D eigenvalue weighted by Gasteiger charge is 2.06. The molecule has 1 nitrogen and oxygen atoms in total. The number of nitrogens with two attached hydrogens (primary N) is 1. The SMILES string of the molecule is CCCCSc1ccc(CC(N)CC)cc1F. The summed E-state index contributed by atoms with van der Waals surface area (Å²) in [5.74, 6) is 0.883. The summed E-state index contributed by atoms with van der Waals surface area (Å²) in [6, 6.07) is 5.64. The van der Waals surface area contributed by atoms with Crippen molar-refractivity contribution in [3.8, 4) is 0 Å². The van der Waals surface area contributed by atoms with Gasteiger partial charge in [-0.15, -0.1) is 11.8 Å². The first-order valence-electron chi connectivity index (χ1n) is 6.34. The van der Waals surface area contributed by atoms with Gasteiger partial charge in [-0.3, -0.25) is 0 Å². The summed E-state index contributed by atoms with van der Waals surface area (Å²) >= 11 is 1.60. The highest BCUT2D eigenvalue weighted by Crippen LogP contribution is 2.24. The minimum Gasteiger partial charge on any atom is -0.327 e. The average Bonchev–Trinajstić information content (AvgIpc) is 2.32. The Bertz CT molecular complexity index is 341. The Morgan fingerprint density at radius 3 is 2.71 bits per heavy atom. The van der Waals surface area contributed by atoms with Crippen LogP contribution in [0.1, 0.15) is 38.7 Å². The van der Waals surface area contributed by atoms with E-state index in [9.17, 15) is 4.39 Å². The van der Waals surface area contributed by atoms with E-state index in [1.165, 1.54) is 0 Å². The first-order valence-corrected chi connectivity index (χ1v) is 7.32. The third kappa shape index (κ3) is 5.09. The lowest BCUT2D eigenvalue weighted by molar-refractivity contribution is 0.593. The molecule has 0 radical (unpaired) electrons. The summed E-state index contributed by atoms with van der Waals surface area (Å²) < 4.78 is 13.8. The van der Waals surface area contributed by atoms with Gasteiger partial charge < -0.3 is 5.73 Å². The van der Waals surface area contributed by atoms with Gasteiger partial charge in [-0.05, 0) is 42.7 Å². The first kappa shape index (κ1) is 14.5. The van der Waals surface area contributed by atoms with Gasteiger partial charge in [-0.1, -0.05) is 26.3 Å². The van der Waals surface area contributed by atoms with Crippen LogP contribution in [0, 0.1) is 5.82 Å². The lowest BCUT2D eigenvalue weighted by Crippen LogP contribution is -2.21. The van der Waals surface area contributed by atoms with Gasteiger partial charge in [0.25, 0.3) is 0 Å². The molecule has 0 amide bonds. The number of halogens is 1. The predicted octanol–water partition coefficient (Wildman–Crippen LogP) is 4.00. The second-order valence-corrected chi connectivity index (χ2v) is 5.48. The molecule has 17 heavy (non-hydrogen) atoms. The molecule has 1 unspecified atom stereocenters. The smallest absolute Gasteiger partial charge is 0.137 e. The van der Waals surface area contributed by atoms with Crippen LogP contribution in [0.25, 0.3) is 0 Å². The third-order valence-electron chi connectivity index (χ3n) is 2.77. The maximum Gasteiger partial charge on any atom is 0.137 e. The number of rotatable bonds is 7. The van der Waals surface area contributed by atoms with Crippen molar-refractivity contribution < 1.29 is 4.39 Å². The zero-order valence-electron chi connectivity index (χ0n) is 10.7. The molecule has 1 aromatic carbocycles. The fraction of sp³-hybridized carbons (Fsp3) is 0.571. The molecule has 1 rings (SSSR count). The van der Waals surface area contributed by atoms with Gasteiger partial charge in [0.15, 0.2) is 0 Å². The molecular weight excluding hydrogens is 233 g/mol. The van der Waals surface area contributed by atoms with Gasteiger partial charge in [0, 0.05) is 10.9 Å². The van der Waals surface area contributed by atoms with Crippen LogP contribution in [-0.2, 0) is 6.42 Å². The Morgan fingerprint density at radius 2 is 2.12 bits per heavy atom. The van der Waals surface area contributed by atoms with Crippen molar-refractivity contribution in [2.24, 2.45) is 5.73 Å². The maximum absolute atomic E-state index is 13.8. The monoisotopic (exact) mass is 255 g/mol. The molecule has 0 heterocycles. The molecule has 0 aliphatic carbocycles. The second kappa shape index (κ2) is 7.72. The van der Waals surface area contributed by atoms with E-state index in [1.54, 1.807) is 17.8 Å². The fourth-order valence-corrected chi connectivity index (χ4v) is 2.58. The molecule has 0 saturated heterocycles. The molecule has 2 N–H and O–H groups in total. The highest BCUT2D eigenvalue weighted by molar-refractivity contribution is 7.99. The van der Waals surface area contributed by atoms with Crippen molar-refractivity contribution in [3.63, 3.8) is 0 Å². The van der Waals surface area contributed by atoms with Crippen LogP contribution < -0.4 is 5.73 Å². The van der Waals surface area contributed by atoms with Crippen molar-refractivity contribution >= 4 is 11.8 Å². The first-order chi connectivity index (χ1) is 8.17. The molecule has 3 heteroatoms. The Kier molecular flexibility index (Phi) is 6.60. The lowest BCUT2D eigenvalue weighted by atomic mass is 10.0. The van der Waals surface area contributed by atoms with E-state index in [0.29, 0.717) is 0 Å². The number of hydrogen-bond donors (Lipinski definition) is 1.